The Morgan fingerprint density at radius 3 is 2.50 bits per heavy atom. The highest BCUT2D eigenvalue weighted by Gasteiger charge is 2.30. The highest BCUT2D eigenvalue weighted by molar-refractivity contribution is 5.66. The Kier molecular flexibility index (Phi) is 5.80. The molecule has 0 aliphatic carbocycles. The van der Waals surface area contributed by atoms with E-state index in [-0.39, 0.29) is 6.61 Å². The minimum atomic E-state index is -0.571. The number of hydrogen-bond donors (Lipinski definition) is 0. The molecule has 6 nitrogen and oxygen atoms in total. The summed E-state index contributed by atoms with van der Waals surface area (Å²) in [5.74, 6) is -0.835. The Morgan fingerprint density at radius 2 is 1.94 bits per heavy atom. The van der Waals surface area contributed by atoms with E-state index in [0.717, 1.165) is 0 Å². The van der Waals surface area contributed by atoms with Crippen LogP contribution >= 0.6 is 0 Å². The van der Waals surface area contributed by atoms with Gasteiger partial charge in [-0.25, -0.2) is 0 Å². The van der Waals surface area contributed by atoms with Gasteiger partial charge in [0.15, 0.2) is 6.29 Å². The molecule has 0 N–H and O–H groups in total. The monoisotopic (exact) mass is 258 g/mol. The van der Waals surface area contributed by atoms with Crippen LogP contribution in [-0.4, -0.2) is 43.7 Å². The van der Waals surface area contributed by atoms with Gasteiger partial charge in [0.1, 0.15) is 18.8 Å². The van der Waals surface area contributed by atoms with Crippen LogP contribution in [0, 0.1) is 0 Å². The second-order valence-electron chi connectivity index (χ2n) is 3.76. The first kappa shape index (κ1) is 14.7. The Hall–Kier alpha value is -1.40. The molecule has 0 fully saturated rings. The minimum absolute atomic E-state index is 0.0151. The average Bonchev–Trinajstić information content (AvgIpc) is 2.28. The van der Waals surface area contributed by atoms with Gasteiger partial charge in [0.25, 0.3) is 0 Å². The van der Waals surface area contributed by atoms with Gasteiger partial charge in [-0.2, -0.15) is 0 Å². The molecule has 0 aromatic heterocycles. The molecular weight excluding hydrogens is 240 g/mol. The summed E-state index contributed by atoms with van der Waals surface area (Å²) in [7, 11) is 0. The van der Waals surface area contributed by atoms with Gasteiger partial charge >= 0.3 is 11.9 Å². The van der Waals surface area contributed by atoms with Crippen molar-refractivity contribution in [1.29, 1.82) is 0 Å². The molecule has 0 radical (unpaired) electrons. The molecule has 0 aromatic carbocycles. The summed E-state index contributed by atoms with van der Waals surface area (Å²) in [5.41, 5.74) is 0. The predicted octanol–water partition coefficient (Wildman–Crippen LogP) is 0.799. The van der Waals surface area contributed by atoms with Crippen LogP contribution in [0.1, 0.15) is 20.8 Å². The molecule has 0 bridgehead atoms. The van der Waals surface area contributed by atoms with Gasteiger partial charge in [-0.1, -0.05) is 0 Å². The molecule has 1 rings (SSSR count). The lowest BCUT2D eigenvalue weighted by atomic mass is 10.1. The van der Waals surface area contributed by atoms with E-state index in [4.69, 9.17) is 18.9 Å². The van der Waals surface area contributed by atoms with Crippen molar-refractivity contribution >= 4 is 11.9 Å². The second kappa shape index (κ2) is 7.13. The highest BCUT2D eigenvalue weighted by Crippen LogP contribution is 2.17. The third-order valence-corrected chi connectivity index (χ3v) is 2.22. The standard InChI is InChI=1S/C12H18O6/c1-4-15-12-6-5-10(17-9(3)14)11(18-12)7-16-8(2)13/h5-6,10-12H,4,7H2,1-3H3/t10-,11?,12-/m0/s1. The lowest BCUT2D eigenvalue weighted by Gasteiger charge is -2.31. The van der Waals surface area contributed by atoms with Crippen molar-refractivity contribution in [2.75, 3.05) is 13.2 Å². The van der Waals surface area contributed by atoms with Crippen LogP contribution in [0.3, 0.4) is 0 Å². The van der Waals surface area contributed by atoms with E-state index >= 15 is 0 Å². The number of esters is 2. The molecule has 3 atom stereocenters. The fraction of sp³-hybridized carbons (Fsp3) is 0.667. The molecule has 1 unspecified atom stereocenters. The smallest absolute Gasteiger partial charge is 0.303 e. The average molecular weight is 258 g/mol. The lowest BCUT2D eigenvalue weighted by Crippen LogP contribution is -2.42. The van der Waals surface area contributed by atoms with E-state index in [9.17, 15) is 9.59 Å². The first-order valence-electron chi connectivity index (χ1n) is 5.79. The number of carbonyl (C=O) groups excluding carboxylic acids is 2. The molecule has 0 aromatic rings. The van der Waals surface area contributed by atoms with Gasteiger partial charge < -0.3 is 18.9 Å². The van der Waals surface area contributed by atoms with E-state index in [1.807, 2.05) is 6.92 Å². The first-order valence-corrected chi connectivity index (χ1v) is 5.79. The van der Waals surface area contributed by atoms with Gasteiger partial charge in [0, 0.05) is 20.5 Å². The zero-order chi connectivity index (χ0) is 13.5. The van der Waals surface area contributed by atoms with Crippen molar-refractivity contribution in [3.05, 3.63) is 12.2 Å². The van der Waals surface area contributed by atoms with Crippen molar-refractivity contribution in [2.24, 2.45) is 0 Å². The van der Waals surface area contributed by atoms with Crippen molar-refractivity contribution in [3.8, 4) is 0 Å². The first-order chi connectivity index (χ1) is 8.52. The maximum Gasteiger partial charge on any atom is 0.303 e. The maximum atomic E-state index is 11.0. The van der Waals surface area contributed by atoms with Gasteiger partial charge in [0.2, 0.25) is 0 Å². The molecule has 0 spiro atoms. The van der Waals surface area contributed by atoms with Crippen LogP contribution in [0.2, 0.25) is 0 Å². The summed E-state index contributed by atoms with van der Waals surface area (Å²) >= 11 is 0. The quantitative estimate of drug-likeness (QED) is 0.536. The molecule has 102 valence electrons. The van der Waals surface area contributed by atoms with E-state index < -0.39 is 30.4 Å². The normalized spacial score (nSPS) is 26.7. The summed E-state index contributed by atoms with van der Waals surface area (Å²) in [6.07, 6.45) is 1.71. The van der Waals surface area contributed by atoms with Gasteiger partial charge in [-0.3, -0.25) is 9.59 Å². The third-order valence-electron chi connectivity index (χ3n) is 2.22. The van der Waals surface area contributed by atoms with Gasteiger partial charge in [-0.05, 0) is 19.1 Å². The Balaban J connectivity index is 2.62. The van der Waals surface area contributed by atoms with E-state index in [0.29, 0.717) is 6.61 Å². The molecule has 0 amide bonds. The van der Waals surface area contributed by atoms with Crippen LogP contribution in [0.15, 0.2) is 12.2 Å². The SMILES string of the molecule is CCO[C@@H]1C=C[C@H](OC(C)=O)C(COC(C)=O)O1. The number of ether oxygens (including phenoxy) is 4. The molecule has 1 aliphatic heterocycles. The van der Waals surface area contributed by atoms with Crippen molar-refractivity contribution in [1.82, 2.24) is 0 Å². The minimum Gasteiger partial charge on any atom is -0.463 e. The Labute approximate surface area is 106 Å². The van der Waals surface area contributed by atoms with E-state index in [1.165, 1.54) is 13.8 Å². The third kappa shape index (κ3) is 4.85. The summed E-state index contributed by atoms with van der Waals surface area (Å²) in [6.45, 7) is 4.97. The predicted molar refractivity (Wildman–Crippen MR) is 61.6 cm³/mol. The van der Waals surface area contributed by atoms with Crippen LogP contribution in [0.5, 0.6) is 0 Å². The summed E-state index contributed by atoms with van der Waals surface area (Å²) in [6, 6.07) is 0. The van der Waals surface area contributed by atoms with Gasteiger partial charge in [-0.15, -0.1) is 0 Å². The molecular formula is C12H18O6. The molecule has 1 aliphatic rings. The number of carbonyl (C=O) groups is 2. The van der Waals surface area contributed by atoms with E-state index in [2.05, 4.69) is 0 Å². The Morgan fingerprint density at radius 1 is 1.22 bits per heavy atom. The van der Waals surface area contributed by atoms with Crippen molar-refractivity contribution in [3.63, 3.8) is 0 Å². The zero-order valence-corrected chi connectivity index (χ0v) is 10.8. The van der Waals surface area contributed by atoms with Crippen molar-refractivity contribution < 1.29 is 28.5 Å². The van der Waals surface area contributed by atoms with Crippen LogP contribution in [0.4, 0.5) is 0 Å². The second-order valence-corrected chi connectivity index (χ2v) is 3.76. The zero-order valence-electron chi connectivity index (χ0n) is 10.8. The van der Waals surface area contributed by atoms with E-state index in [1.54, 1.807) is 12.2 Å². The van der Waals surface area contributed by atoms with Crippen LogP contribution < -0.4 is 0 Å². The summed E-state index contributed by atoms with van der Waals surface area (Å²) in [4.78, 5) is 21.7. The van der Waals surface area contributed by atoms with Gasteiger partial charge in [0.05, 0.1) is 0 Å². The van der Waals surface area contributed by atoms with Crippen molar-refractivity contribution in [2.45, 2.75) is 39.3 Å². The molecule has 18 heavy (non-hydrogen) atoms. The summed E-state index contributed by atoms with van der Waals surface area (Å²) in [5, 5.41) is 0. The van der Waals surface area contributed by atoms with Crippen LogP contribution in [-0.2, 0) is 28.5 Å². The molecule has 1 heterocycles. The number of rotatable bonds is 5. The highest BCUT2D eigenvalue weighted by atomic mass is 16.7. The number of hydrogen-bond acceptors (Lipinski definition) is 6. The molecule has 0 saturated carbocycles. The molecule has 6 heteroatoms. The fourth-order valence-corrected chi connectivity index (χ4v) is 1.52. The van der Waals surface area contributed by atoms with Crippen LogP contribution in [0.25, 0.3) is 0 Å². The lowest BCUT2D eigenvalue weighted by molar-refractivity contribution is -0.195. The fourth-order valence-electron chi connectivity index (χ4n) is 1.52. The summed E-state index contributed by atoms with van der Waals surface area (Å²) < 4.78 is 20.8. The largest absolute Gasteiger partial charge is 0.463 e. The molecule has 0 saturated heterocycles. The maximum absolute atomic E-state index is 11.0. The topological polar surface area (TPSA) is 71.1 Å². The Bertz CT molecular complexity index is 325.